The minimum Gasteiger partial charge on any atom is -0.338 e. The van der Waals surface area contributed by atoms with Gasteiger partial charge in [-0.2, -0.15) is 0 Å². The van der Waals surface area contributed by atoms with Crippen molar-refractivity contribution in [1.29, 1.82) is 0 Å². The lowest BCUT2D eigenvalue weighted by molar-refractivity contribution is -0.133. The number of likely N-dealkylation sites (tertiary alicyclic amines) is 1. The topological polar surface area (TPSA) is 46.3 Å². The first-order valence-corrected chi connectivity index (χ1v) is 6.86. The molecular formula is C15H20N2O. The smallest absolute Gasteiger partial charge is 0.226 e. The standard InChI is InChI=1S/C15H20N2O/c16-10-12-7-4-8-17(12)15(18)14-9-13(14)11-5-2-1-3-6-11/h1-3,5-6,12-14H,4,7-10,16H2. The fourth-order valence-corrected chi connectivity index (χ4v) is 3.12. The normalized spacial score (nSPS) is 30.5. The Hall–Kier alpha value is -1.35. The molecule has 1 aromatic rings. The van der Waals surface area contributed by atoms with Crippen molar-refractivity contribution in [1.82, 2.24) is 4.90 Å². The van der Waals surface area contributed by atoms with E-state index in [1.165, 1.54) is 5.56 Å². The predicted molar refractivity (Wildman–Crippen MR) is 71.1 cm³/mol. The Kier molecular flexibility index (Phi) is 3.08. The van der Waals surface area contributed by atoms with Crippen LogP contribution in [-0.4, -0.2) is 29.9 Å². The summed E-state index contributed by atoms with van der Waals surface area (Å²) in [5, 5.41) is 0. The minimum atomic E-state index is 0.208. The number of carbonyl (C=O) groups excluding carboxylic acids is 1. The monoisotopic (exact) mass is 244 g/mol. The molecule has 1 saturated heterocycles. The van der Waals surface area contributed by atoms with Crippen molar-refractivity contribution in [2.24, 2.45) is 11.7 Å². The average Bonchev–Trinajstić information content (AvgIpc) is 3.08. The van der Waals surface area contributed by atoms with Gasteiger partial charge >= 0.3 is 0 Å². The van der Waals surface area contributed by atoms with Gasteiger partial charge in [-0.05, 0) is 30.7 Å². The molecule has 0 radical (unpaired) electrons. The van der Waals surface area contributed by atoms with Crippen LogP contribution >= 0.6 is 0 Å². The van der Waals surface area contributed by atoms with Crippen LogP contribution in [-0.2, 0) is 4.79 Å². The van der Waals surface area contributed by atoms with Crippen molar-refractivity contribution in [2.75, 3.05) is 13.1 Å². The van der Waals surface area contributed by atoms with Crippen molar-refractivity contribution >= 4 is 5.91 Å². The zero-order chi connectivity index (χ0) is 12.5. The zero-order valence-electron chi connectivity index (χ0n) is 10.6. The largest absolute Gasteiger partial charge is 0.338 e. The lowest BCUT2D eigenvalue weighted by Gasteiger charge is -2.23. The molecule has 3 unspecified atom stereocenters. The van der Waals surface area contributed by atoms with E-state index < -0.39 is 0 Å². The summed E-state index contributed by atoms with van der Waals surface area (Å²) in [5.41, 5.74) is 7.04. The highest BCUT2D eigenvalue weighted by Crippen LogP contribution is 2.48. The third kappa shape index (κ3) is 2.03. The summed E-state index contributed by atoms with van der Waals surface area (Å²) >= 11 is 0. The molecule has 0 bridgehead atoms. The molecule has 0 spiro atoms. The van der Waals surface area contributed by atoms with Gasteiger partial charge in [0.05, 0.1) is 0 Å². The zero-order valence-corrected chi connectivity index (χ0v) is 10.6. The van der Waals surface area contributed by atoms with Crippen LogP contribution in [0.4, 0.5) is 0 Å². The number of carbonyl (C=O) groups is 1. The number of rotatable bonds is 3. The molecule has 2 aliphatic rings. The highest BCUT2D eigenvalue weighted by atomic mass is 16.2. The van der Waals surface area contributed by atoms with E-state index in [4.69, 9.17) is 5.73 Å². The van der Waals surface area contributed by atoms with Crippen LogP contribution in [0.25, 0.3) is 0 Å². The maximum Gasteiger partial charge on any atom is 0.226 e. The summed E-state index contributed by atoms with van der Waals surface area (Å²) in [6.45, 7) is 1.51. The highest BCUT2D eigenvalue weighted by molar-refractivity contribution is 5.83. The van der Waals surface area contributed by atoms with Crippen molar-refractivity contribution in [2.45, 2.75) is 31.2 Å². The molecule has 3 rings (SSSR count). The van der Waals surface area contributed by atoms with E-state index in [0.29, 0.717) is 18.4 Å². The summed E-state index contributed by atoms with van der Waals surface area (Å²) in [4.78, 5) is 14.5. The molecule has 3 atom stereocenters. The molecule has 1 aliphatic carbocycles. The summed E-state index contributed by atoms with van der Waals surface area (Å²) in [5.74, 6) is 0.981. The lowest BCUT2D eigenvalue weighted by Crippen LogP contribution is -2.40. The number of hydrogen-bond donors (Lipinski definition) is 1. The lowest BCUT2D eigenvalue weighted by atomic mass is 10.1. The van der Waals surface area contributed by atoms with Crippen LogP contribution in [0.2, 0.25) is 0 Å². The molecule has 3 nitrogen and oxygen atoms in total. The molecule has 3 heteroatoms. The Morgan fingerprint density at radius 3 is 2.83 bits per heavy atom. The first-order chi connectivity index (χ1) is 8.81. The van der Waals surface area contributed by atoms with E-state index in [0.717, 1.165) is 25.8 Å². The molecule has 96 valence electrons. The summed E-state index contributed by atoms with van der Waals surface area (Å²) < 4.78 is 0. The fourth-order valence-electron chi connectivity index (χ4n) is 3.12. The molecule has 2 fully saturated rings. The van der Waals surface area contributed by atoms with Gasteiger partial charge in [0.1, 0.15) is 0 Å². The number of nitrogens with zero attached hydrogens (tertiary/aromatic N) is 1. The average molecular weight is 244 g/mol. The highest BCUT2D eigenvalue weighted by Gasteiger charge is 2.47. The number of hydrogen-bond acceptors (Lipinski definition) is 2. The first kappa shape index (κ1) is 11.7. The van der Waals surface area contributed by atoms with Gasteiger partial charge in [-0.1, -0.05) is 30.3 Å². The van der Waals surface area contributed by atoms with Gasteiger partial charge in [-0.3, -0.25) is 4.79 Å². The van der Waals surface area contributed by atoms with Gasteiger partial charge in [0.2, 0.25) is 5.91 Å². The SMILES string of the molecule is NCC1CCCN1C(=O)C1CC1c1ccccc1. The Morgan fingerprint density at radius 1 is 1.33 bits per heavy atom. The third-order valence-electron chi connectivity index (χ3n) is 4.27. The van der Waals surface area contributed by atoms with Crippen LogP contribution in [0.1, 0.15) is 30.7 Å². The van der Waals surface area contributed by atoms with Crippen LogP contribution in [0.15, 0.2) is 30.3 Å². The molecule has 18 heavy (non-hydrogen) atoms. The second-order valence-electron chi connectivity index (χ2n) is 5.42. The summed E-state index contributed by atoms with van der Waals surface area (Å²) in [7, 11) is 0. The molecule has 1 amide bonds. The van der Waals surface area contributed by atoms with Crippen molar-refractivity contribution < 1.29 is 4.79 Å². The van der Waals surface area contributed by atoms with Crippen molar-refractivity contribution in [3.05, 3.63) is 35.9 Å². The fraction of sp³-hybridized carbons (Fsp3) is 0.533. The van der Waals surface area contributed by atoms with E-state index in [1.54, 1.807) is 0 Å². The van der Waals surface area contributed by atoms with Crippen molar-refractivity contribution in [3.63, 3.8) is 0 Å². The molecule has 1 aliphatic heterocycles. The maximum atomic E-state index is 12.4. The second kappa shape index (κ2) is 4.73. The Morgan fingerprint density at radius 2 is 2.11 bits per heavy atom. The van der Waals surface area contributed by atoms with Gasteiger partial charge in [0.25, 0.3) is 0 Å². The number of amides is 1. The number of nitrogens with two attached hydrogens (primary N) is 1. The third-order valence-corrected chi connectivity index (χ3v) is 4.27. The molecular weight excluding hydrogens is 224 g/mol. The van der Waals surface area contributed by atoms with Gasteiger partial charge in [-0.15, -0.1) is 0 Å². The quantitative estimate of drug-likeness (QED) is 0.880. The Labute approximate surface area is 108 Å². The van der Waals surface area contributed by atoms with Gasteiger partial charge in [0, 0.05) is 25.0 Å². The van der Waals surface area contributed by atoms with Crippen LogP contribution in [0.3, 0.4) is 0 Å². The summed E-state index contributed by atoms with van der Waals surface area (Å²) in [6.07, 6.45) is 3.19. The molecule has 1 saturated carbocycles. The van der Waals surface area contributed by atoms with Gasteiger partial charge in [-0.25, -0.2) is 0 Å². The minimum absolute atomic E-state index is 0.208. The first-order valence-electron chi connectivity index (χ1n) is 6.86. The van der Waals surface area contributed by atoms with Crippen molar-refractivity contribution in [3.8, 4) is 0 Å². The van der Waals surface area contributed by atoms with E-state index in [-0.39, 0.29) is 12.0 Å². The van der Waals surface area contributed by atoms with E-state index in [2.05, 4.69) is 12.1 Å². The molecule has 0 aromatic heterocycles. The second-order valence-corrected chi connectivity index (χ2v) is 5.42. The van der Waals surface area contributed by atoms with E-state index in [9.17, 15) is 4.79 Å². The molecule has 2 N–H and O–H groups in total. The Bertz CT molecular complexity index is 431. The summed E-state index contributed by atoms with van der Waals surface area (Å²) in [6, 6.07) is 10.7. The van der Waals surface area contributed by atoms with Crippen LogP contribution in [0, 0.1) is 5.92 Å². The van der Waals surface area contributed by atoms with E-state index in [1.807, 2.05) is 23.1 Å². The van der Waals surface area contributed by atoms with Gasteiger partial charge < -0.3 is 10.6 Å². The van der Waals surface area contributed by atoms with Crippen LogP contribution in [0.5, 0.6) is 0 Å². The maximum absolute atomic E-state index is 12.4. The van der Waals surface area contributed by atoms with Gasteiger partial charge in [0.15, 0.2) is 0 Å². The van der Waals surface area contributed by atoms with E-state index >= 15 is 0 Å². The molecule has 1 aromatic carbocycles. The Balaban J connectivity index is 1.66. The predicted octanol–water partition coefficient (Wildman–Crippen LogP) is 1.74. The van der Waals surface area contributed by atoms with Crippen LogP contribution < -0.4 is 5.73 Å². The number of benzene rings is 1. The molecule has 1 heterocycles.